The average molecular weight is 237 g/mol. The zero-order valence-electron chi connectivity index (χ0n) is 9.49. The summed E-state index contributed by atoms with van der Waals surface area (Å²) in [6, 6.07) is 4.58. The minimum Gasteiger partial charge on any atom is -0.409 e. The van der Waals surface area contributed by atoms with Crippen LogP contribution in [0.3, 0.4) is 0 Å². The molecule has 1 aromatic rings. The van der Waals surface area contributed by atoms with E-state index in [1.807, 2.05) is 0 Å². The van der Waals surface area contributed by atoms with Gasteiger partial charge in [0.25, 0.3) is 0 Å². The van der Waals surface area contributed by atoms with Crippen molar-refractivity contribution in [2.45, 2.75) is 19.4 Å². The number of rotatable bonds is 5. The molecule has 92 valence electrons. The van der Waals surface area contributed by atoms with E-state index < -0.39 is 0 Å². The van der Waals surface area contributed by atoms with Gasteiger partial charge in [-0.3, -0.25) is 0 Å². The average Bonchev–Trinajstić information content (AvgIpc) is 3.14. The molecule has 17 heavy (non-hydrogen) atoms. The molecule has 4 N–H and O–H groups in total. The summed E-state index contributed by atoms with van der Waals surface area (Å²) in [5, 5.41) is 14.5. The molecule has 1 aliphatic rings. The first kappa shape index (κ1) is 11.9. The highest BCUT2D eigenvalue weighted by Crippen LogP contribution is 2.27. The zero-order chi connectivity index (χ0) is 12.3. The Hall–Kier alpha value is -1.62. The molecule has 1 fully saturated rings. The zero-order valence-corrected chi connectivity index (χ0v) is 9.49. The lowest BCUT2D eigenvalue weighted by Crippen LogP contribution is -2.18. The Bertz CT molecular complexity index is 430. The molecule has 1 aliphatic carbocycles. The van der Waals surface area contributed by atoms with E-state index in [0.717, 1.165) is 12.5 Å². The maximum atomic E-state index is 13.7. The van der Waals surface area contributed by atoms with Crippen molar-refractivity contribution in [2.24, 2.45) is 16.8 Å². The number of hydrogen-bond acceptors (Lipinski definition) is 3. The molecule has 0 unspecified atom stereocenters. The molecule has 5 heteroatoms. The van der Waals surface area contributed by atoms with E-state index in [1.54, 1.807) is 12.1 Å². The second-order valence-electron chi connectivity index (χ2n) is 4.37. The Morgan fingerprint density at radius 2 is 2.29 bits per heavy atom. The topological polar surface area (TPSA) is 70.6 Å². The Morgan fingerprint density at radius 1 is 1.53 bits per heavy atom. The predicted octanol–water partition coefficient (Wildman–Crippen LogP) is 1.42. The summed E-state index contributed by atoms with van der Waals surface area (Å²) < 4.78 is 13.7. The van der Waals surface area contributed by atoms with Gasteiger partial charge in [-0.2, -0.15) is 0 Å². The van der Waals surface area contributed by atoms with Crippen LogP contribution < -0.4 is 11.1 Å². The largest absolute Gasteiger partial charge is 0.409 e. The van der Waals surface area contributed by atoms with Crippen LogP contribution in [0, 0.1) is 11.7 Å². The molecule has 2 rings (SSSR count). The van der Waals surface area contributed by atoms with Gasteiger partial charge in [-0.25, -0.2) is 4.39 Å². The lowest BCUT2D eigenvalue weighted by Gasteiger charge is -2.06. The Kier molecular flexibility index (Phi) is 3.58. The summed E-state index contributed by atoms with van der Waals surface area (Å²) in [6.07, 6.45) is 2.55. The Morgan fingerprint density at radius 3 is 2.88 bits per heavy atom. The lowest BCUT2D eigenvalue weighted by molar-refractivity contribution is 0.318. The van der Waals surface area contributed by atoms with Crippen LogP contribution >= 0.6 is 0 Å². The summed E-state index contributed by atoms with van der Waals surface area (Å²) >= 11 is 0. The number of amidine groups is 1. The summed E-state index contributed by atoms with van der Waals surface area (Å²) in [5.74, 6) is 0.355. The van der Waals surface area contributed by atoms with E-state index in [4.69, 9.17) is 10.9 Å². The standard InChI is InChI=1S/C12H16FN3O/c13-11-5-9(12(14)16-17)3-4-10(11)7-15-6-8-1-2-8/h3-5,8,15,17H,1-2,6-7H2,(H2,14,16). The fourth-order valence-electron chi connectivity index (χ4n) is 1.64. The highest BCUT2D eigenvalue weighted by molar-refractivity contribution is 5.97. The number of nitrogens with one attached hydrogen (secondary N) is 1. The SMILES string of the molecule is NC(=NO)c1ccc(CNCC2CC2)c(F)c1. The quantitative estimate of drug-likeness (QED) is 0.314. The van der Waals surface area contributed by atoms with Gasteiger partial charge in [0, 0.05) is 17.7 Å². The predicted molar refractivity (Wildman–Crippen MR) is 63.3 cm³/mol. The van der Waals surface area contributed by atoms with Gasteiger partial charge in [-0.1, -0.05) is 17.3 Å². The van der Waals surface area contributed by atoms with Crippen LogP contribution in [-0.2, 0) is 6.54 Å². The summed E-state index contributed by atoms with van der Waals surface area (Å²) in [4.78, 5) is 0. The minimum absolute atomic E-state index is 0.0820. The molecule has 0 bridgehead atoms. The molecule has 1 aromatic carbocycles. The number of nitrogens with zero attached hydrogens (tertiary/aromatic N) is 1. The molecular weight excluding hydrogens is 221 g/mol. The fraction of sp³-hybridized carbons (Fsp3) is 0.417. The van der Waals surface area contributed by atoms with Gasteiger partial charge < -0.3 is 16.3 Å². The van der Waals surface area contributed by atoms with Crippen molar-refractivity contribution in [3.05, 3.63) is 35.1 Å². The minimum atomic E-state index is -0.336. The maximum Gasteiger partial charge on any atom is 0.170 e. The molecule has 0 atom stereocenters. The molecular formula is C12H16FN3O. The van der Waals surface area contributed by atoms with E-state index in [2.05, 4.69) is 10.5 Å². The van der Waals surface area contributed by atoms with Crippen LogP contribution in [0.15, 0.2) is 23.4 Å². The van der Waals surface area contributed by atoms with Gasteiger partial charge in [0.2, 0.25) is 0 Å². The van der Waals surface area contributed by atoms with Gasteiger partial charge in [0.1, 0.15) is 5.82 Å². The van der Waals surface area contributed by atoms with Crippen LogP contribution in [0.2, 0.25) is 0 Å². The molecule has 0 radical (unpaired) electrons. The molecule has 0 amide bonds. The molecule has 0 aliphatic heterocycles. The van der Waals surface area contributed by atoms with Crippen molar-refractivity contribution in [3.8, 4) is 0 Å². The first-order valence-electron chi connectivity index (χ1n) is 5.67. The van der Waals surface area contributed by atoms with Gasteiger partial charge in [-0.15, -0.1) is 0 Å². The molecule has 1 saturated carbocycles. The third-order valence-electron chi connectivity index (χ3n) is 2.90. The first-order chi connectivity index (χ1) is 8.20. The maximum absolute atomic E-state index is 13.7. The monoisotopic (exact) mass is 237 g/mol. The number of oxime groups is 1. The van der Waals surface area contributed by atoms with E-state index in [9.17, 15) is 4.39 Å². The Balaban J connectivity index is 1.97. The van der Waals surface area contributed by atoms with E-state index >= 15 is 0 Å². The van der Waals surface area contributed by atoms with Gasteiger partial charge in [0.15, 0.2) is 5.84 Å². The Labute approximate surface area is 99.3 Å². The molecule has 0 saturated heterocycles. The van der Waals surface area contributed by atoms with Crippen LogP contribution in [0.25, 0.3) is 0 Å². The highest BCUT2D eigenvalue weighted by atomic mass is 19.1. The highest BCUT2D eigenvalue weighted by Gasteiger charge is 2.20. The van der Waals surface area contributed by atoms with Crippen molar-refractivity contribution in [2.75, 3.05) is 6.54 Å². The molecule has 0 spiro atoms. The summed E-state index contributed by atoms with van der Waals surface area (Å²) in [6.45, 7) is 1.46. The van der Waals surface area contributed by atoms with E-state index in [-0.39, 0.29) is 11.7 Å². The fourth-order valence-corrected chi connectivity index (χ4v) is 1.64. The van der Waals surface area contributed by atoms with Crippen molar-refractivity contribution in [1.82, 2.24) is 5.32 Å². The van der Waals surface area contributed by atoms with Crippen molar-refractivity contribution in [3.63, 3.8) is 0 Å². The van der Waals surface area contributed by atoms with Gasteiger partial charge >= 0.3 is 0 Å². The normalized spacial score (nSPS) is 16.2. The first-order valence-corrected chi connectivity index (χ1v) is 5.67. The second kappa shape index (κ2) is 5.14. The third-order valence-corrected chi connectivity index (χ3v) is 2.90. The summed E-state index contributed by atoms with van der Waals surface area (Å²) in [5.41, 5.74) is 6.36. The molecule has 4 nitrogen and oxygen atoms in total. The van der Waals surface area contributed by atoms with Crippen molar-refractivity contribution >= 4 is 5.84 Å². The number of hydrogen-bond donors (Lipinski definition) is 3. The third kappa shape index (κ3) is 3.17. The summed E-state index contributed by atoms with van der Waals surface area (Å²) in [7, 11) is 0. The van der Waals surface area contributed by atoms with Crippen LogP contribution in [0.5, 0.6) is 0 Å². The van der Waals surface area contributed by atoms with Gasteiger partial charge in [0.05, 0.1) is 0 Å². The lowest BCUT2D eigenvalue weighted by atomic mass is 10.1. The van der Waals surface area contributed by atoms with Gasteiger partial charge in [-0.05, 0) is 31.4 Å². The van der Waals surface area contributed by atoms with E-state index in [0.29, 0.717) is 17.7 Å². The smallest absolute Gasteiger partial charge is 0.170 e. The van der Waals surface area contributed by atoms with Crippen LogP contribution in [0.4, 0.5) is 4.39 Å². The number of halogens is 1. The van der Waals surface area contributed by atoms with Crippen LogP contribution in [0.1, 0.15) is 24.0 Å². The van der Waals surface area contributed by atoms with Crippen molar-refractivity contribution in [1.29, 1.82) is 0 Å². The molecule has 0 aromatic heterocycles. The number of benzene rings is 1. The van der Waals surface area contributed by atoms with Crippen molar-refractivity contribution < 1.29 is 9.60 Å². The van der Waals surface area contributed by atoms with E-state index in [1.165, 1.54) is 18.9 Å². The molecule has 0 heterocycles. The van der Waals surface area contributed by atoms with Crippen LogP contribution in [-0.4, -0.2) is 17.6 Å². The second-order valence-corrected chi connectivity index (χ2v) is 4.37. The number of nitrogens with two attached hydrogens (primary N) is 1.